The zero-order chi connectivity index (χ0) is 14.4. The maximum atomic E-state index is 11.8. The van der Waals surface area contributed by atoms with Crippen molar-refractivity contribution in [2.24, 2.45) is 5.92 Å². The summed E-state index contributed by atoms with van der Waals surface area (Å²) in [7, 11) is 0. The summed E-state index contributed by atoms with van der Waals surface area (Å²) in [5, 5.41) is 2.47. The van der Waals surface area contributed by atoms with Crippen LogP contribution in [0.5, 0.6) is 0 Å². The van der Waals surface area contributed by atoms with Crippen molar-refractivity contribution in [3.63, 3.8) is 0 Å². The van der Waals surface area contributed by atoms with Gasteiger partial charge in [-0.3, -0.25) is 19.8 Å². The van der Waals surface area contributed by atoms with Crippen LogP contribution in [0.1, 0.15) is 25.3 Å². The van der Waals surface area contributed by atoms with E-state index in [0.717, 1.165) is 37.4 Å². The summed E-state index contributed by atoms with van der Waals surface area (Å²) in [5.74, 6) is 0.320. The van der Waals surface area contributed by atoms with E-state index in [4.69, 9.17) is 0 Å². The van der Waals surface area contributed by atoms with Crippen LogP contribution in [0.25, 0.3) is 0 Å². The van der Waals surface area contributed by atoms with Gasteiger partial charge >= 0.3 is 0 Å². The SMILES string of the molecule is CC1CCN(CC(=O)NC(=O)Cc2ccccc2)CC1. The summed E-state index contributed by atoms with van der Waals surface area (Å²) in [6, 6.07) is 9.45. The van der Waals surface area contributed by atoms with Crippen LogP contribution < -0.4 is 5.32 Å². The third-order valence-electron chi connectivity index (χ3n) is 3.73. The number of likely N-dealkylation sites (tertiary alicyclic amines) is 1. The second-order valence-electron chi connectivity index (χ2n) is 5.59. The number of benzene rings is 1. The van der Waals surface area contributed by atoms with Gasteiger partial charge in [0.2, 0.25) is 11.8 Å². The van der Waals surface area contributed by atoms with E-state index in [1.165, 1.54) is 0 Å². The van der Waals surface area contributed by atoms with E-state index in [1.807, 2.05) is 30.3 Å². The lowest BCUT2D eigenvalue weighted by atomic mass is 9.99. The minimum Gasteiger partial charge on any atom is -0.295 e. The van der Waals surface area contributed by atoms with Gasteiger partial charge in [-0.15, -0.1) is 0 Å². The molecule has 4 heteroatoms. The molecule has 1 aromatic rings. The number of piperidine rings is 1. The Morgan fingerprint density at radius 3 is 2.45 bits per heavy atom. The van der Waals surface area contributed by atoms with E-state index >= 15 is 0 Å². The van der Waals surface area contributed by atoms with E-state index in [2.05, 4.69) is 17.1 Å². The molecule has 0 saturated carbocycles. The first kappa shape index (κ1) is 14.7. The van der Waals surface area contributed by atoms with Gasteiger partial charge in [-0.2, -0.15) is 0 Å². The maximum Gasteiger partial charge on any atom is 0.240 e. The molecule has 1 aromatic carbocycles. The highest BCUT2D eigenvalue weighted by molar-refractivity contribution is 5.96. The zero-order valence-corrected chi connectivity index (χ0v) is 12.0. The number of hydrogen-bond donors (Lipinski definition) is 1. The van der Waals surface area contributed by atoms with Crippen molar-refractivity contribution >= 4 is 11.8 Å². The Bertz CT molecular complexity index is 451. The van der Waals surface area contributed by atoms with Gasteiger partial charge in [-0.05, 0) is 37.4 Å². The van der Waals surface area contributed by atoms with Crippen molar-refractivity contribution in [2.75, 3.05) is 19.6 Å². The highest BCUT2D eigenvalue weighted by Gasteiger charge is 2.18. The molecule has 20 heavy (non-hydrogen) atoms. The smallest absolute Gasteiger partial charge is 0.240 e. The number of amides is 2. The summed E-state index contributed by atoms with van der Waals surface area (Å²) in [6.45, 7) is 4.46. The number of nitrogens with zero attached hydrogens (tertiary/aromatic N) is 1. The zero-order valence-electron chi connectivity index (χ0n) is 12.0. The summed E-state index contributed by atoms with van der Waals surface area (Å²) in [4.78, 5) is 25.7. The fourth-order valence-electron chi connectivity index (χ4n) is 2.44. The second-order valence-corrected chi connectivity index (χ2v) is 5.59. The molecule has 1 aliphatic rings. The topological polar surface area (TPSA) is 49.4 Å². The molecule has 108 valence electrons. The molecular formula is C16H22N2O2. The van der Waals surface area contributed by atoms with Crippen LogP contribution in [0.4, 0.5) is 0 Å². The van der Waals surface area contributed by atoms with Gasteiger partial charge in [-0.1, -0.05) is 37.3 Å². The molecule has 4 nitrogen and oxygen atoms in total. The van der Waals surface area contributed by atoms with E-state index in [0.29, 0.717) is 6.54 Å². The van der Waals surface area contributed by atoms with Crippen LogP contribution >= 0.6 is 0 Å². The van der Waals surface area contributed by atoms with Gasteiger partial charge in [-0.25, -0.2) is 0 Å². The normalized spacial score (nSPS) is 16.9. The van der Waals surface area contributed by atoms with E-state index in [9.17, 15) is 9.59 Å². The lowest BCUT2D eigenvalue weighted by Gasteiger charge is -2.29. The van der Waals surface area contributed by atoms with Crippen molar-refractivity contribution in [3.8, 4) is 0 Å². The van der Waals surface area contributed by atoms with Gasteiger partial charge in [0.15, 0.2) is 0 Å². The van der Waals surface area contributed by atoms with Gasteiger partial charge < -0.3 is 0 Å². The second kappa shape index (κ2) is 7.20. The van der Waals surface area contributed by atoms with Crippen molar-refractivity contribution in [1.82, 2.24) is 10.2 Å². The molecule has 0 aromatic heterocycles. The largest absolute Gasteiger partial charge is 0.295 e. The van der Waals surface area contributed by atoms with Crippen LogP contribution in [0.15, 0.2) is 30.3 Å². The molecule has 0 aliphatic carbocycles. The molecule has 0 unspecified atom stereocenters. The quantitative estimate of drug-likeness (QED) is 0.907. The summed E-state index contributed by atoms with van der Waals surface area (Å²) in [6.07, 6.45) is 2.51. The highest BCUT2D eigenvalue weighted by atomic mass is 16.2. The van der Waals surface area contributed by atoms with Crippen LogP contribution in [0.3, 0.4) is 0 Å². The Balaban J connectivity index is 1.72. The Kier molecular flexibility index (Phi) is 5.30. The maximum absolute atomic E-state index is 11.8. The molecule has 2 amide bonds. The van der Waals surface area contributed by atoms with Crippen molar-refractivity contribution in [2.45, 2.75) is 26.2 Å². The van der Waals surface area contributed by atoms with Crippen molar-refractivity contribution in [3.05, 3.63) is 35.9 Å². The van der Waals surface area contributed by atoms with Crippen LogP contribution in [-0.2, 0) is 16.0 Å². The lowest BCUT2D eigenvalue weighted by molar-refractivity contribution is -0.130. The third kappa shape index (κ3) is 4.78. The summed E-state index contributed by atoms with van der Waals surface area (Å²) in [5.41, 5.74) is 0.921. The Hall–Kier alpha value is -1.68. The Labute approximate surface area is 120 Å². The van der Waals surface area contributed by atoms with E-state index in [1.54, 1.807) is 0 Å². The van der Waals surface area contributed by atoms with Gasteiger partial charge in [0.1, 0.15) is 0 Å². The van der Waals surface area contributed by atoms with Crippen molar-refractivity contribution < 1.29 is 9.59 Å². The number of nitrogens with one attached hydrogen (secondary N) is 1. The Morgan fingerprint density at radius 2 is 1.80 bits per heavy atom. The lowest BCUT2D eigenvalue weighted by Crippen LogP contribution is -2.43. The van der Waals surface area contributed by atoms with Gasteiger partial charge in [0.05, 0.1) is 13.0 Å². The standard InChI is InChI=1S/C16H22N2O2/c1-13-7-9-18(10-8-13)12-16(20)17-15(19)11-14-5-3-2-4-6-14/h2-6,13H,7-12H2,1H3,(H,17,19,20). The molecule has 2 rings (SSSR count). The molecule has 1 N–H and O–H groups in total. The predicted octanol–water partition coefficient (Wildman–Crippen LogP) is 1.60. The Morgan fingerprint density at radius 1 is 1.15 bits per heavy atom. The number of hydrogen-bond acceptors (Lipinski definition) is 3. The summed E-state index contributed by atoms with van der Waals surface area (Å²) < 4.78 is 0. The number of imide groups is 1. The van der Waals surface area contributed by atoms with Crippen LogP contribution in [-0.4, -0.2) is 36.3 Å². The van der Waals surface area contributed by atoms with E-state index in [-0.39, 0.29) is 18.2 Å². The first-order valence-electron chi connectivity index (χ1n) is 7.22. The third-order valence-corrected chi connectivity index (χ3v) is 3.73. The molecule has 1 heterocycles. The van der Waals surface area contributed by atoms with Gasteiger partial charge in [0.25, 0.3) is 0 Å². The van der Waals surface area contributed by atoms with E-state index < -0.39 is 0 Å². The van der Waals surface area contributed by atoms with Gasteiger partial charge in [0, 0.05) is 0 Å². The molecule has 0 bridgehead atoms. The molecule has 1 saturated heterocycles. The predicted molar refractivity (Wildman–Crippen MR) is 78.1 cm³/mol. The fourth-order valence-corrected chi connectivity index (χ4v) is 2.44. The number of carbonyl (C=O) groups is 2. The fraction of sp³-hybridized carbons (Fsp3) is 0.500. The number of rotatable bonds is 4. The molecule has 1 fully saturated rings. The van der Waals surface area contributed by atoms with Crippen molar-refractivity contribution in [1.29, 1.82) is 0 Å². The molecular weight excluding hydrogens is 252 g/mol. The molecule has 0 spiro atoms. The average molecular weight is 274 g/mol. The molecule has 0 radical (unpaired) electrons. The summed E-state index contributed by atoms with van der Waals surface area (Å²) >= 11 is 0. The highest BCUT2D eigenvalue weighted by Crippen LogP contribution is 2.15. The average Bonchev–Trinajstić information content (AvgIpc) is 2.42. The molecule has 0 atom stereocenters. The van der Waals surface area contributed by atoms with Crippen LogP contribution in [0.2, 0.25) is 0 Å². The monoisotopic (exact) mass is 274 g/mol. The molecule has 1 aliphatic heterocycles. The minimum absolute atomic E-state index is 0.194. The number of carbonyl (C=O) groups excluding carboxylic acids is 2. The first-order valence-corrected chi connectivity index (χ1v) is 7.22. The van der Waals surface area contributed by atoms with Crippen LogP contribution in [0, 0.1) is 5.92 Å². The minimum atomic E-state index is -0.230. The first-order chi connectivity index (χ1) is 9.63.